The minimum atomic E-state index is -2.34. The molecule has 1 N–H and O–H groups in total. The molecule has 0 fully saturated rings. The Balaban J connectivity index is 2.76. The van der Waals surface area contributed by atoms with E-state index < -0.39 is 22.1 Å². The lowest BCUT2D eigenvalue weighted by molar-refractivity contribution is -0.0413. The molecule has 0 aliphatic rings. The second kappa shape index (κ2) is 9.60. The van der Waals surface area contributed by atoms with Crippen molar-refractivity contribution in [3.05, 3.63) is 34.9 Å². The van der Waals surface area contributed by atoms with Crippen LogP contribution in [-0.4, -0.2) is 38.1 Å². The summed E-state index contributed by atoms with van der Waals surface area (Å²) in [6.45, 7) is -0.656. The molecule has 0 saturated heterocycles. The zero-order valence-corrected chi connectivity index (χ0v) is 14.6. The highest BCUT2D eigenvalue weighted by molar-refractivity contribution is 7.33. The highest BCUT2D eigenvalue weighted by Crippen LogP contribution is 2.29. The van der Waals surface area contributed by atoms with Gasteiger partial charge in [-0.05, 0) is 17.7 Å². The molecule has 1 aromatic carbocycles. The molecule has 1 rings (SSSR count). The van der Waals surface area contributed by atoms with Crippen molar-refractivity contribution in [2.45, 2.75) is 12.0 Å². The highest BCUT2D eigenvalue weighted by Gasteiger charge is 2.37. The molecule has 0 radical (unpaired) electrons. The molecule has 0 saturated carbocycles. The second-order valence-electron chi connectivity index (χ2n) is 4.39. The average molecular weight is 371 g/mol. The number of aliphatic hydroxyl groups is 1. The SMILES string of the molecule is CO[P+](=O)OCC(O)(CO[P+](=O)OC)Cc1ccc(Cl)cc1. The van der Waals surface area contributed by atoms with Gasteiger partial charge in [-0.15, -0.1) is 18.1 Å². The van der Waals surface area contributed by atoms with Crippen LogP contribution in [-0.2, 0) is 33.6 Å². The van der Waals surface area contributed by atoms with Gasteiger partial charge in [0.1, 0.15) is 18.8 Å². The highest BCUT2D eigenvalue weighted by atomic mass is 35.5. The van der Waals surface area contributed by atoms with Crippen molar-refractivity contribution in [1.82, 2.24) is 0 Å². The molecule has 2 atom stereocenters. The fraction of sp³-hybridized carbons (Fsp3) is 0.500. The van der Waals surface area contributed by atoms with Crippen LogP contribution in [0.25, 0.3) is 0 Å². The molecule has 7 nitrogen and oxygen atoms in total. The number of halogens is 1. The summed E-state index contributed by atoms with van der Waals surface area (Å²) in [5.41, 5.74) is -0.805. The normalized spacial score (nSPS) is 15.3. The first kappa shape index (κ1) is 19.6. The summed E-state index contributed by atoms with van der Waals surface area (Å²) in [5, 5.41) is 11.1. The molecule has 0 spiro atoms. The van der Waals surface area contributed by atoms with Crippen LogP contribution in [0.15, 0.2) is 24.3 Å². The molecule has 0 aliphatic heterocycles. The van der Waals surface area contributed by atoms with E-state index in [1.807, 2.05) is 0 Å². The number of rotatable bonds is 10. The summed E-state index contributed by atoms with van der Waals surface area (Å²) >= 11 is 5.80. The van der Waals surface area contributed by atoms with E-state index in [0.717, 1.165) is 5.56 Å². The maximum absolute atomic E-state index is 11.2. The van der Waals surface area contributed by atoms with Crippen LogP contribution >= 0.6 is 28.1 Å². The lowest BCUT2D eigenvalue weighted by atomic mass is 9.96. The minimum absolute atomic E-state index is 0.115. The molecule has 0 bridgehead atoms. The summed E-state index contributed by atoms with van der Waals surface area (Å²) < 4.78 is 41.2. The van der Waals surface area contributed by atoms with Crippen LogP contribution in [0, 0.1) is 0 Å². The smallest absolute Gasteiger partial charge is 0.384 e. The molecule has 22 heavy (non-hydrogen) atoms. The van der Waals surface area contributed by atoms with Crippen molar-refractivity contribution in [2.24, 2.45) is 0 Å². The van der Waals surface area contributed by atoms with Crippen molar-refractivity contribution >= 4 is 28.1 Å². The average Bonchev–Trinajstić information content (AvgIpc) is 2.52. The fourth-order valence-electron chi connectivity index (χ4n) is 1.58. The molecular weight excluding hydrogens is 354 g/mol. The summed E-state index contributed by atoms with van der Waals surface area (Å²) in [7, 11) is -2.25. The summed E-state index contributed by atoms with van der Waals surface area (Å²) in [5.74, 6) is 0. The van der Waals surface area contributed by atoms with Crippen LogP contribution in [0.5, 0.6) is 0 Å². The van der Waals surface area contributed by atoms with E-state index in [9.17, 15) is 14.2 Å². The number of hydrogen-bond donors (Lipinski definition) is 1. The first-order valence-electron chi connectivity index (χ1n) is 6.14. The van der Waals surface area contributed by atoms with Crippen LogP contribution in [0.2, 0.25) is 5.02 Å². The van der Waals surface area contributed by atoms with Crippen LogP contribution in [0.3, 0.4) is 0 Å². The number of hydrogen-bond acceptors (Lipinski definition) is 7. The van der Waals surface area contributed by atoms with Gasteiger partial charge in [0.15, 0.2) is 0 Å². The second-order valence-corrected chi connectivity index (χ2v) is 6.96. The van der Waals surface area contributed by atoms with Gasteiger partial charge in [0, 0.05) is 20.6 Å². The summed E-state index contributed by atoms with van der Waals surface area (Å²) in [6.07, 6.45) is 0.115. The first-order chi connectivity index (χ1) is 10.4. The predicted molar refractivity (Wildman–Crippen MR) is 81.2 cm³/mol. The van der Waals surface area contributed by atoms with Crippen LogP contribution in [0.1, 0.15) is 5.56 Å². The lowest BCUT2D eigenvalue weighted by Gasteiger charge is -2.22. The Morgan fingerprint density at radius 3 is 1.91 bits per heavy atom. The molecular formula is C12H17ClO7P2+2. The van der Waals surface area contributed by atoms with Crippen molar-refractivity contribution in [3.8, 4) is 0 Å². The standard InChI is InChI=1S/C12H17ClO7P2/c1-17-21(15)19-8-12(14,9-20-22(16)18-2)7-10-3-5-11(13)6-4-10/h3-6,14H,7-9H2,1-2H3/q+2. The van der Waals surface area contributed by atoms with Gasteiger partial charge >= 0.3 is 16.5 Å². The maximum Gasteiger partial charge on any atom is 0.697 e. The van der Waals surface area contributed by atoms with Gasteiger partial charge in [0.25, 0.3) is 0 Å². The van der Waals surface area contributed by atoms with Crippen molar-refractivity contribution in [3.63, 3.8) is 0 Å². The minimum Gasteiger partial charge on any atom is -0.384 e. The van der Waals surface area contributed by atoms with Gasteiger partial charge in [-0.1, -0.05) is 23.7 Å². The monoisotopic (exact) mass is 370 g/mol. The Bertz CT molecular complexity index is 489. The third-order valence-electron chi connectivity index (χ3n) is 2.62. The quantitative estimate of drug-likeness (QED) is 0.632. The largest absolute Gasteiger partial charge is 0.697 e. The van der Waals surface area contributed by atoms with Crippen LogP contribution < -0.4 is 0 Å². The topological polar surface area (TPSA) is 91.3 Å². The fourth-order valence-corrected chi connectivity index (χ4v) is 2.61. The van der Waals surface area contributed by atoms with Gasteiger partial charge in [-0.2, -0.15) is 0 Å². The van der Waals surface area contributed by atoms with Crippen LogP contribution in [0.4, 0.5) is 0 Å². The Hall–Kier alpha value is -0.490. The third-order valence-corrected chi connectivity index (χ3v) is 4.15. The Morgan fingerprint density at radius 2 is 1.50 bits per heavy atom. The maximum atomic E-state index is 11.2. The lowest BCUT2D eigenvalue weighted by Crippen LogP contribution is -2.40. The van der Waals surface area contributed by atoms with Crippen molar-refractivity contribution < 1.29 is 32.3 Å². The molecule has 0 aliphatic carbocycles. The Morgan fingerprint density at radius 1 is 1.05 bits per heavy atom. The summed E-state index contributed by atoms with van der Waals surface area (Å²) in [6, 6.07) is 6.79. The van der Waals surface area contributed by atoms with E-state index in [2.05, 4.69) is 9.05 Å². The van der Waals surface area contributed by atoms with Gasteiger partial charge in [0.05, 0.1) is 14.2 Å². The van der Waals surface area contributed by atoms with Crippen molar-refractivity contribution in [1.29, 1.82) is 0 Å². The van der Waals surface area contributed by atoms with Gasteiger partial charge < -0.3 is 5.11 Å². The molecule has 122 valence electrons. The molecule has 0 heterocycles. The van der Waals surface area contributed by atoms with E-state index in [1.165, 1.54) is 14.2 Å². The molecule has 1 aromatic rings. The molecule has 10 heteroatoms. The van der Waals surface area contributed by atoms with Gasteiger partial charge in [0.2, 0.25) is 0 Å². The van der Waals surface area contributed by atoms with Crippen molar-refractivity contribution in [2.75, 3.05) is 27.4 Å². The molecule has 0 amide bonds. The first-order valence-corrected chi connectivity index (χ1v) is 8.71. The van der Waals surface area contributed by atoms with Gasteiger partial charge in [-0.3, -0.25) is 0 Å². The van der Waals surface area contributed by atoms with E-state index >= 15 is 0 Å². The van der Waals surface area contributed by atoms with E-state index in [-0.39, 0.29) is 19.6 Å². The third kappa shape index (κ3) is 7.18. The zero-order valence-electron chi connectivity index (χ0n) is 12.1. The molecule has 2 unspecified atom stereocenters. The van der Waals surface area contributed by atoms with E-state index in [0.29, 0.717) is 5.02 Å². The predicted octanol–water partition coefficient (Wildman–Crippen LogP) is 3.25. The zero-order chi connectivity index (χ0) is 16.6. The van der Waals surface area contributed by atoms with E-state index in [1.54, 1.807) is 24.3 Å². The van der Waals surface area contributed by atoms with Gasteiger partial charge in [-0.25, -0.2) is 0 Å². The van der Waals surface area contributed by atoms with E-state index in [4.69, 9.17) is 20.6 Å². The molecule has 0 aromatic heterocycles. The summed E-state index contributed by atoms with van der Waals surface area (Å²) in [4.78, 5) is 0. The Kier molecular flexibility index (Phi) is 8.54. The Labute approximate surface area is 135 Å². The number of benzene rings is 1.